The lowest BCUT2D eigenvalue weighted by Crippen LogP contribution is -2.37. The molecule has 0 radical (unpaired) electrons. The number of anilines is 1. The second-order valence-electron chi connectivity index (χ2n) is 4.42. The Kier molecular flexibility index (Phi) is 3.42. The second-order valence-corrected chi connectivity index (χ2v) is 5.28. The average Bonchev–Trinajstić information content (AvgIpc) is 3.09. The van der Waals surface area contributed by atoms with Crippen molar-refractivity contribution >= 4 is 28.3 Å². The number of hydrogen-bond acceptors (Lipinski definition) is 5. The molecule has 6 nitrogen and oxygen atoms in total. The first-order valence-corrected chi connectivity index (χ1v) is 7.06. The Bertz CT molecular complexity index is 641. The zero-order valence-electron chi connectivity index (χ0n) is 10.5. The van der Waals surface area contributed by atoms with Crippen molar-refractivity contribution in [2.75, 3.05) is 5.32 Å². The van der Waals surface area contributed by atoms with E-state index in [9.17, 15) is 9.59 Å². The van der Waals surface area contributed by atoms with Gasteiger partial charge in [-0.25, -0.2) is 4.98 Å². The molecule has 0 saturated carbocycles. The SMILES string of the molecule is O=C1CCC(C(=O)Nc2nc(-c3ccncc3)cs2)N1. The summed E-state index contributed by atoms with van der Waals surface area (Å²) in [5.41, 5.74) is 1.74. The minimum absolute atomic E-state index is 0.0817. The summed E-state index contributed by atoms with van der Waals surface area (Å²) in [6.07, 6.45) is 4.33. The molecule has 0 spiro atoms. The van der Waals surface area contributed by atoms with Crippen molar-refractivity contribution in [3.05, 3.63) is 29.9 Å². The van der Waals surface area contributed by atoms with Crippen molar-refractivity contribution in [2.24, 2.45) is 0 Å². The van der Waals surface area contributed by atoms with Crippen molar-refractivity contribution in [3.63, 3.8) is 0 Å². The normalized spacial score (nSPS) is 17.8. The minimum Gasteiger partial charge on any atom is -0.344 e. The van der Waals surface area contributed by atoms with Crippen molar-refractivity contribution in [3.8, 4) is 11.3 Å². The van der Waals surface area contributed by atoms with Gasteiger partial charge >= 0.3 is 0 Å². The number of hydrogen-bond donors (Lipinski definition) is 2. The number of pyridine rings is 1. The van der Waals surface area contributed by atoms with Gasteiger partial charge in [0, 0.05) is 29.8 Å². The Hall–Kier alpha value is -2.28. The topological polar surface area (TPSA) is 84.0 Å². The van der Waals surface area contributed by atoms with Crippen LogP contribution in [-0.2, 0) is 9.59 Å². The number of nitrogens with one attached hydrogen (secondary N) is 2. The van der Waals surface area contributed by atoms with Gasteiger partial charge in [-0.3, -0.25) is 14.6 Å². The molecule has 0 bridgehead atoms. The number of aromatic nitrogens is 2. The zero-order chi connectivity index (χ0) is 13.9. The van der Waals surface area contributed by atoms with Crippen LogP contribution in [0.2, 0.25) is 0 Å². The minimum atomic E-state index is -0.448. The average molecular weight is 288 g/mol. The number of carbonyl (C=O) groups is 2. The van der Waals surface area contributed by atoms with Crippen LogP contribution in [-0.4, -0.2) is 27.8 Å². The molecule has 2 amide bonds. The maximum absolute atomic E-state index is 11.9. The highest BCUT2D eigenvalue weighted by Gasteiger charge is 2.27. The van der Waals surface area contributed by atoms with Gasteiger partial charge in [0.1, 0.15) is 6.04 Å². The lowest BCUT2D eigenvalue weighted by molar-refractivity contribution is -0.122. The van der Waals surface area contributed by atoms with Crippen LogP contribution in [0, 0.1) is 0 Å². The molecule has 1 fully saturated rings. The first-order chi connectivity index (χ1) is 9.72. The van der Waals surface area contributed by atoms with Gasteiger partial charge in [-0.15, -0.1) is 11.3 Å². The third kappa shape index (κ3) is 2.67. The predicted molar refractivity (Wildman–Crippen MR) is 75.1 cm³/mol. The molecule has 1 aliphatic heterocycles. The molecule has 0 aliphatic carbocycles. The quantitative estimate of drug-likeness (QED) is 0.894. The molecule has 0 aromatic carbocycles. The zero-order valence-corrected chi connectivity index (χ0v) is 11.3. The number of rotatable bonds is 3. The van der Waals surface area contributed by atoms with Gasteiger partial charge in [-0.2, -0.15) is 0 Å². The monoisotopic (exact) mass is 288 g/mol. The van der Waals surface area contributed by atoms with Crippen LogP contribution >= 0.6 is 11.3 Å². The van der Waals surface area contributed by atoms with E-state index in [0.29, 0.717) is 18.0 Å². The highest BCUT2D eigenvalue weighted by Crippen LogP contribution is 2.24. The summed E-state index contributed by atoms with van der Waals surface area (Å²) in [6, 6.07) is 3.27. The molecule has 1 unspecified atom stereocenters. The third-order valence-corrected chi connectivity index (χ3v) is 3.78. The van der Waals surface area contributed by atoms with Crippen molar-refractivity contribution in [1.29, 1.82) is 0 Å². The molecule has 1 aliphatic rings. The number of thiazole rings is 1. The van der Waals surface area contributed by atoms with E-state index < -0.39 is 6.04 Å². The van der Waals surface area contributed by atoms with E-state index in [2.05, 4.69) is 20.6 Å². The fraction of sp³-hybridized carbons (Fsp3) is 0.231. The van der Waals surface area contributed by atoms with Gasteiger partial charge in [-0.05, 0) is 18.6 Å². The summed E-state index contributed by atoms with van der Waals surface area (Å²) in [7, 11) is 0. The van der Waals surface area contributed by atoms with E-state index in [0.717, 1.165) is 11.3 Å². The summed E-state index contributed by atoms with van der Waals surface area (Å²) >= 11 is 1.36. The summed E-state index contributed by atoms with van der Waals surface area (Å²) in [5.74, 6) is -0.298. The Morgan fingerprint density at radius 1 is 1.40 bits per heavy atom. The fourth-order valence-corrected chi connectivity index (χ4v) is 2.71. The summed E-state index contributed by atoms with van der Waals surface area (Å²) in [4.78, 5) is 31.3. The van der Waals surface area contributed by atoms with Crippen molar-refractivity contribution < 1.29 is 9.59 Å². The van der Waals surface area contributed by atoms with E-state index >= 15 is 0 Å². The molecule has 3 rings (SSSR count). The van der Waals surface area contributed by atoms with Crippen LogP contribution in [0.4, 0.5) is 5.13 Å². The predicted octanol–water partition coefficient (Wildman–Crippen LogP) is 1.42. The fourth-order valence-electron chi connectivity index (χ4n) is 1.99. The Balaban J connectivity index is 1.68. The largest absolute Gasteiger partial charge is 0.344 e. The van der Waals surface area contributed by atoms with E-state index in [1.807, 2.05) is 17.5 Å². The first kappa shape index (κ1) is 12.7. The number of nitrogens with zero attached hydrogens (tertiary/aromatic N) is 2. The van der Waals surface area contributed by atoms with Crippen LogP contribution in [0.15, 0.2) is 29.9 Å². The molecule has 2 aromatic rings. The molecule has 1 atom stereocenters. The van der Waals surface area contributed by atoms with E-state index in [4.69, 9.17) is 0 Å². The molecular formula is C13H12N4O2S. The Labute approximate surface area is 119 Å². The highest BCUT2D eigenvalue weighted by atomic mass is 32.1. The van der Waals surface area contributed by atoms with Gasteiger partial charge in [-0.1, -0.05) is 0 Å². The summed E-state index contributed by atoms with van der Waals surface area (Å²) in [6.45, 7) is 0. The lowest BCUT2D eigenvalue weighted by Gasteiger charge is -2.08. The van der Waals surface area contributed by atoms with Crippen LogP contribution in [0.5, 0.6) is 0 Å². The van der Waals surface area contributed by atoms with Crippen molar-refractivity contribution in [1.82, 2.24) is 15.3 Å². The molecule has 2 aromatic heterocycles. The first-order valence-electron chi connectivity index (χ1n) is 6.18. The van der Waals surface area contributed by atoms with E-state index in [1.54, 1.807) is 12.4 Å². The van der Waals surface area contributed by atoms with Crippen LogP contribution < -0.4 is 10.6 Å². The van der Waals surface area contributed by atoms with Crippen LogP contribution in [0.3, 0.4) is 0 Å². The maximum Gasteiger partial charge on any atom is 0.248 e. The van der Waals surface area contributed by atoms with E-state index in [-0.39, 0.29) is 11.8 Å². The third-order valence-electron chi connectivity index (χ3n) is 3.02. The summed E-state index contributed by atoms with van der Waals surface area (Å²) in [5, 5.41) is 7.77. The van der Waals surface area contributed by atoms with Gasteiger partial charge in [0.25, 0.3) is 0 Å². The number of amides is 2. The standard InChI is InChI=1S/C13H12N4O2S/c18-11-2-1-9(15-11)12(19)17-13-16-10(7-20-13)8-3-5-14-6-4-8/h3-7,9H,1-2H2,(H,15,18)(H,16,17,19). The molecule has 102 valence electrons. The molecule has 3 heterocycles. The number of carbonyl (C=O) groups excluding carboxylic acids is 2. The Morgan fingerprint density at radius 2 is 2.20 bits per heavy atom. The maximum atomic E-state index is 11.9. The molecular weight excluding hydrogens is 276 g/mol. The van der Waals surface area contributed by atoms with Gasteiger partial charge in [0.15, 0.2) is 5.13 Å². The van der Waals surface area contributed by atoms with Crippen LogP contribution in [0.1, 0.15) is 12.8 Å². The second kappa shape index (κ2) is 5.38. The highest BCUT2D eigenvalue weighted by molar-refractivity contribution is 7.14. The summed E-state index contributed by atoms with van der Waals surface area (Å²) < 4.78 is 0. The molecule has 20 heavy (non-hydrogen) atoms. The molecule has 2 N–H and O–H groups in total. The van der Waals surface area contributed by atoms with Gasteiger partial charge < -0.3 is 10.6 Å². The van der Waals surface area contributed by atoms with Crippen molar-refractivity contribution in [2.45, 2.75) is 18.9 Å². The van der Waals surface area contributed by atoms with E-state index in [1.165, 1.54) is 11.3 Å². The van der Waals surface area contributed by atoms with Crippen LogP contribution in [0.25, 0.3) is 11.3 Å². The molecule has 7 heteroatoms. The smallest absolute Gasteiger partial charge is 0.248 e. The van der Waals surface area contributed by atoms with Gasteiger partial charge in [0.2, 0.25) is 11.8 Å². The van der Waals surface area contributed by atoms with Gasteiger partial charge in [0.05, 0.1) is 5.69 Å². The molecule has 1 saturated heterocycles. The Morgan fingerprint density at radius 3 is 2.90 bits per heavy atom. The lowest BCUT2D eigenvalue weighted by atomic mass is 10.2.